The number of thiazole rings is 1. The van der Waals surface area contributed by atoms with Crippen LogP contribution in [0.15, 0.2) is 18.3 Å². The van der Waals surface area contributed by atoms with Crippen molar-refractivity contribution in [2.75, 3.05) is 0 Å². The summed E-state index contributed by atoms with van der Waals surface area (Å²) in [6.45, 7) is 2.09. The van der Waals surface area contributed by atoms with Crippen LogP contribution in [0.25, 0.3) is 10.7 Å². The maximum Gasteiger partial charge on any atom is 0.312 e. The third-order valence-electron chi connectivity index (χ3n) is 3.73. The summed E-state index contributed by atoms with van der Waals surface area (Å²) in [6, 6.07) is 3.98. The highest BCUT2D eigenvalue weighted by Crippen LogP contribution is 2.38. The second-order valence-corrected chi connectivity index (χ2v) is 6.06. The van der Waals surface area contributed by atoms with Gasteiger partial charge in [0.15, 0.2) is 0 Å². The van der Waals surface area contributed by atoms with Gasteiger partial charge in [0, 0.05) is 11.1 Å². The van der Waals surface area contributed by atoms with Crippen molar-refractivity contribution in [2.45, 2.75) is 38.5 Å². The van der Waals surface area contributed by atoms with E-state index >= 15 is 0 Å². The van der Waals surface area contributed by atoms with Gasteiger partial charge in [-0.3, -0.25) is 9.78 Å². The fourth-order valence-corrected chi connectivity index (χ4v) is 3.87. The summed E-state index contributed by atoms with van der Waals surface area (Å²) in [4.78, 5) is 21.5. The number of carbonyl (C=O) groups is 1. The summed E-state index contributed by atoms with van der Waals surface area (Å²) in [5.41, 5.74) is 2.82. The van der Waals surface area contributed by atoms with Crippen LogP contribution in [-0.4, -0.2) is 21.0 Å². The molecule has 3 rings (SSSR count). The average Bonchev–Trinajstić information content (AvgIpc) is 2.90. The van der Waals surface area contributed by atoms with Gasteiger partial charge in [0.1, 0.15) is 16.6 Å². The van der Waals surface area contributed by atoms with Crippen LogP contribution in [0.1, 0.15) is 41.8 Å². The van der Waals surface area contributed by atoms with Gasteiger partial charge in [0.2, 0.25) is 0 Å². The van der Waals surface area contributed by atoms with Crippen molar-refractivity contribution in [2.24, 2.45) is 0 Å². The third-order valence-corrected chi connectivity index (χ3v) is 4.86. The zero-order valence-corrected chi connectivity index (χ0v) is 12.1. The highest BCUT2D eigenvalue weighted by atomic mass is 32.1. The molecule has 5 heteroatoms. The SMILES string of the molecule is CCc1cccnc1-c1nc2c(s1)CCCC2C(=O)O. The van der Waals surface area contributed by atoms with Gasteiger partial charge >= 0.3 is 5.97 Å². The van der Waals surface area contributed by atoms with E-state index in [0.717, 1.165) is 46.1 Å². The molecular weight excluding hydrogens is 272 g/mol. The van der Waals surface area contributed by atoms with Crippen molar-refractivity contribution < 1.29 is 9.90 Å². The van der Waals surface area contributed by atoms with Crippen LogP contribution in [0.2, 0.25) is 0 Å². The van der Waals surface area contributed by atoms with E-state index in [4.69, 9.17) is 0 Å². The van der Waals surface area contributed by atoms with E-state index in [-0.39, 0.29) is 0 Å². The number of hydrogen-bond acceptors (Lipinski definition) is 4. The zero-order valence-electron chi connectivity index (χ0n) is 11.3. The van der Waals surface area contributed by atoms with Crippen LogP contribution in [0.3, 0.4) is 0 Å². The van der Waals surface area contributed by atoms with Crippen LogP contribution in [0.5, 0.6) is 0 Å². The predicted molar refractivity (Wildman–Crippen MR) is 78.0 cm³/mol. The molecule has 2 aromatic rings. The molecule has 0 fully saturated rings. The first-order chi connectivity index (χ1) is 9.70. The van der Waals surface area contributed by atoms with Gasteiger partial charge < -0.3 is 5.11 Å². The predicted octanol–water partition coefficient (Wildman–Crippen LogP) is 3.27. The van der Waals surface area contributed by atoms with Crippen molar-refractivity contribution in [1.82, 2.24) is 9.97 Å². The Kier molecular flexibility index (Phi) is 3.53. The second kappa shape index (κ2) is 5.32. The Balaban J connectivity index is 2.07. The van der Waals surface area contributed by atoms with Gasteiger partial charge in [-0.1, -0.05) is 13.0 Å². The number of aryl methyl sites for hydroxylation is 2. The van der Waals surface area contributed by atoms with Gasteiger partial charge in [-0.25, -0.2) is 4.98 Å². The Hall–Kier alpha value is -1.75. The lowest BCUT2D eigenvalue weighted by atomic mass is 9.91. The van der Waals surface area contributed by atoms with Gasteiger partial charge in [0.25, 0.3) is 0 Å². The fraction of sp³-hybridized carbons (Fsp3) is 0.400. The maximum atomic E-state index is 11.3. The number of pyridine rings is 1. The van der Waals surface area contributed by atoms with Gasteiger partial charge in [-0.05, 0) is 37.3 Å². The molecule has 0 aliphatic heterocycles. The lowest BCUT2D eigenvalue weighted by molar-refractivity contribution is -0.139. The summed E-state index contributed by atoms with van der Waals surface area (Å²) >= 11 is 1.60. The smallest absolute Gasteiger partial charge is 0.312 e. The Morgan fingerprint density at radius 2 is 2.40 bits per heavy atom. The number of rotatable bonds is 3. The third kappa shape index (κ3) is 2.22. The van der Waals surface area contributed by atoms with Crippen molar-refractivity contribution >= 4 is 17.3 Å². The number of fused-ring (bicyclic) bond motifs is 1. The molecule has 0 aromatic carbocycles. The molecule has 104 valence electrons. The Morgan fingerprint density at radius 3 is 3.15 bits per heavy atom. The zero-order chi connectivity index (χ0) is 14.1. The van der Waals surface area contributed by atoms with E-state index in [1.807, 2.05) is 6.07 Å². The molecule has 1 atom stereocenters. The van der Waals surface area contributed by atoms with Gasteiger partial charge in [0.05, 0.1) is 5.69 Å². The molecule has 2 heterocycles. The van der Waals surface area contributed by atoms with Crippen molar-refractivity contribution in [3.63, 3.8) is 0 Å². The molecule has 1 N–H and O–H groups in total. The molecule has 0 spiro atoms. The summed E-state index contributed by atoms with van der Waals surface area (Å²) in [5, 5.41) is 10.2. The van der Waals surface area contributed by atoms with Crippen molar-refractivity contribution in [1.29, 1.82) is 0 Å². The van der Waals surface area contributed by atoms with Crippen LogP contribution >= 0.6 is 11.3 Å². The largest absolute Gasteiger partial charge is 0.481 e. The molecule has 1 aliphatic carbocycles. The van der Waals surface area contributed by atoms with E-state index in [1.165, 1.54) is 0 Å². The molecule has 2 aromatic heterocycles. The molecule has 0 bridgehead atoms. The quantitative estimate of drug-likeness (QED) is 0.941. The van der Waals surface area contributed by atoms with Crippen molar-refractivity contribution in [3.8, 4) is 10.7 Å². The normalized spacial score (nSPS) is 17.8. The van der Waals surface area contributed by atoms with E-state index in [9.17, 15) is 9.90 Å². The summed E-state index contributed by atoms with van der Waals surface area (Å²) in [7, 11) is 0. The minimum Gasteiger partial charge on any atom is -0.481 e. The van der Waals surface area contributed by atoms with E-state index < -0.39 is 11.9 Å². The van der Waals surface area contributed by atoms with Gasteiger partial charge in [-0.15, -0.1) is 11.3 Å². The molecule has 4 nitrogen and oxygen atoms in total. The van der Waals surface area contributed by atoms with Crippen LogP contribution < -0.4 is 0 Å². The summed E-state index contributed by atoms with van der Waals surface area (Å²) in [5.74, 6) is -1.21. The highest BCUT2D eigenvalue weighted by molar-refractivity contribution is 7.15. The minimum atomic E-state index is -0.764. The van der Waals surface area contributed by atoms with Crippen LogP contribution in [0, 0.1) is 0 Å². The standard InChI is InChI=1S/C15H16N2O2S/c1-2-9-5-4-8-16-12(9)14-17-13-10(15(18)19)6-3-7-11(13)20-14/h4-5,8,10H,2-3,6-7H2,1H3,(H,18,19). The lowest BCUT2D eigenvalue weighted by Gasteiger charge is -2.16. The minimum absolute atomic E-state index is 0.447. The number of carboxylic acids is 1. The first-order valence-electron chi connectivity index (χ1n) is 6.87. The number of nitrogens with zero attached hydrogens (tertiary/aromatic N) is 2. The fourth-order valence-electron chi connectivity index (χ4n) is 2.68. The topological polar surface area (TPSA) is 63.1 Å². The second-order valence-electron chi connectivity index (χ2n) is 4.98. The van der Waals surface area contributed by atoms with E-state index in [1.54, 1.807) is 17.5 Å². The molecule has 0 saturated heterocycles. The summed E-state index contributed by atoms with van der Waals surface area (Å²) in [6.07, 6.45) is 5.22. The first-order valence-corrected chi connectivity index (χ1v) is 7.69. The molecule has 20 heavy (non-hydrogen) atoms. The Morgan fingerprint density at radius 1 is 1.55 bits per heavy atom. The molecule has 0 radical (unpaired) electrons. The Labute approximate surface area is 121 Å². The van der Waals surface area contributed by atoms with E-state index in [2.05, 4.69) is 23.0 Å². The molecule has 1 unspecified atom stereocenters. The first kappa shape index (κ1) is 13.2. The molecular formula is C15H16N2O2S. The van der Waals surface area contributed by atoms with Gasteiger partial charge in [-0.2, -0.15) is 0 Å². The number of carboxylic acid groups (broad SMARTS) is 1. The monoisotopic (exact) mass is 288 g/mol. The maximum absolute atomic E-state index is 11.3. The summed E-state index contributed by atoms with van der Waals surface area (Å²) < 4.78 is 0. The molecule has 0 saturated carbocycles. The van der Waals surface area contributed by atoms with E-state index in [0.29, 0.717) is 6.42 Å². The van der Waals surface area contributed by atoms with Crippen molar-refractivity contribution in [3.05, 3.63) is 34.5 Å². The molecule has 0 amide bonds. The average molecular weight is 288 g/mol. The van der Waals surface area contributed by atoms with Crippen LogP contribution in [-0.2, 0) is 17.6 Å². The Bertz CT molecular complexity index is 651. The highest BCUT2D eigenvalue weighted by Gasteiger charge is 2.30. The number of hydrogen-bond donors (Lipinski definition) is 1. The number of aromatic nitrogens is 2. The number of aliphatic carboxylic acids is 1. The van der Waals surface area contributed by atoms with Crippen LogP contribution in [0.4, 0.5) is 0 Å². The molecule has 1 aliphatic rings. The lowest BCUT2D eigenvalue weighted by Crippen LogP contribution is -2.17.